The zero-order chi connectivity index (χ0) is 20.2. The van der Waals surface area contributed by atoms with E-state index < -0.39 is 21.6 Å². The van der Waals surface area contributed by atoms with E-state index in [1.165, 1.54) is 32.1 Å². The van der Waals surface area contributed by atoms with Crippen molar-refractivity contribution in [3.05, 3.63) is 0 Å². The Hall–Kier alpha value is -0.210. The van der Waals surface area contributed by atoms with Crippen LogP contribution in [-0.4, -0.2) is 43.1 Å². The second-order valence-electron chi connectivity index (χ2n) is 11.7. The Kier molecular flexibility index (Phi) is 4.00. The number of hydrogen-bond donors (Lipinski definition) is 0. The first-order valence-electron chi connectivity index (χ1n) is 12.5. The molecule has 0 radical (unpaired) electrons. The van der Waals surface area contributed by atoms with Gasteiger partial charge < -0.3 is 4.74 Å². The summed E-state index contributed by atoms with van der Waals surface area (Å²) in [5.74, 6) is 2.12. The van der Waals surface area contributed by atoms with E-state index in [-0.39, 0.29) is 11.7 Å². The highest BCUT2D eigenvalue weighted by Crippen LogP contribution is 2.79. The molecule has 5 aliphatic carbocycles. The fraction of sp³-hybridized carbons (Fsp3) is 1.00. The van der Waals surface area contributed by atoms with E-state index >= 15 is 0 Å². The molecule has 3 bridgehead atoms. The van der Waals surface area contributed by atoms with Gasteiger partial charge in [0, 0.05) is 37.8 Å². The summed E-state index contributed by atoms with van der Waals surface area (Å²) in [6.45, 7) is 1.40. The Labute approximate surface area is 180 Å². The van der Waals surface area contributed by atoms with E-state index in [9.17, 15) is 8.42 Å². The van der Waals surface area contributed by atoms with Crippen LogP contribution in [0.1, 0.15) is 77.0 Å². The quantitative estimate of drug-likeness (QED) is 0.628. The molecule has 4 unspecified atom stereocenters. The van der Waals surface area contributed by atoms with Crippen LogP contribution < -0.4 is 0 Å². The average molecular weight is 438 g/mol. The average Bonchev–Trinajstić information content (AvgIpc) is 3.33. The number of ether oxygens (including phenoxy) is 1. The highest BCUT2D eigenvalue weighted by Gasteiger charge is 2.77. The number of sulfonamides is 1. The molecule has 30 heavy (non-hydrogen) atoms. The third-order valence-electron chi connectivity index (χ3n) is 10.4. The van der Waals surface area contributed by atoms with Crippen LogP contribution in [-0.2, 0) is 24.5 Å². The van der Waals surface area contributed by atoms with E-state index in [1.54, 1.807) is 4.31 Å². The maximum absolute atomic E-state index is 12.9. The molecule has 7 heteroatoms. The summed E-state index contributed by atoms with van der Waals surface area (Å²) < 4.78 is 34.3. The predicted octanol–water partition coefficient (Wildman–Crippen LogP) is 3.82. The summed E-state index contributed by atoms with van der Waals surface area (Å²) >= 11 is 0. The van der Waals surface area contributed by atoms with Gasteiger partial charge in [-0.3, -0.25) is 0 Å². The largest absolute Gasteiger partial charge is 0.312 e. The van der Waals surface area contributed by atoms with Crippen molar-refractivity contribution >= 4 is 10.0 Å². The van der Waals surface area contributed by atoms with Gasteiger partial charge >= 0.3 is 0 Å². The van der Waals surface area contributed by atoms with Crippen LogP contribution in [0.25, 0.3) is 0 Å². The second-order valence-corrected chi connectivity index (χ2v) is 13.7. The first kappa shape index (κ1) is 19.3. The van der Waals surface area contributed by atoms with Crippen molar-refractivity contribution in [2.45, 2.75) is 88.6 Å². The van der Waals surface area contributed by atoms with Gasteiger partial charge in [0.25, 0.3) is 0 Å². The van der Waals surface area contributed by atoms with Crippen LogP contribution >= 0.6 is 0 Å². The van der Waals surface area contributed by atoms with Crippen LogP contribution in [0.3, 0.4) is 0 Å². The lowest BCUT2D eigenvalue weighted by atomic mass is 9.56. The van der Waals surface area contributed by atoms with Crippen molar-refractivity contribution in [1.29, 1.82) is 0 Å². The highest BCUT2D eigenvalue weighted by atomic mass is 32.2. The van der Waals surface area contributed by atoms with E-state index in [4.69, 9.17) is 14.5 Å². The van der Waals surface area contributed by atoms with Crippen LogP contribution in [0, 0.1) is 35.0 Å². The van der Waals surface area contributed by atoms with Gasteiger partial charge in [-0.15, -0.1) is 0 Å². The van der Waals surface area contributed by atoms with Crippen molar-refractivity contribution in [3.8, 4) is 0 Å². The molecule has 2 aliphatic heterocycles. The molecule has 0 N–H and O–H groups in total. The molecule has 5 saturated carbocycles. The molecule has 168 valence electrons. The summed E-state index contributed by atoms with van der Waals surface area (Å²) in [4.78, 5) is 12.2. The van der Waals surface area contributed by atoms with Gasteiger partial charge in [0.05, 0.1) is 5.75 Å². The van der Waals surface area contributed by atoms with Gasteiger partial charge in [-0.05, 0) is 81.0 Å². The molecule has 4 atom stereocenters. The molecule has 2 saturated heterocycles. The Morgan fingerprint density at radius 2 is 1.47 bits per heavy atom. The van der Waals surface area contributed by atoms with Gasteiger partial charge in [-0.1, -0.05) is 6.42 Å². The number of nitrogens with zero attached hydrogens (tertiary/aromatic N) is 1. The van der Waals surface area contributed by atoms with E-state index in [0.717, 1.165) is 56.8 Å². The third-order valence-corrected chi connectivity index (χ3v) is 12.5. The van der Waals surface area contributed by atoms with Gasteiger partial charge in [-0.25, -0.2) is 12.7 Å². The van der Waals surface area contributed by atoms with E-state index in [0.29, 0.717) is 30.3 Å². The van der Waals surface area contributed by atoms with Crippen molar-refractivity contribution in [1.82, 2.24) is 4.31 Å². The van der Waals surface area contributed by atoms with Crippen molar-refractivity contribution in [2.75, 3.05) is 18.8 Å². The standard InChI is InChI=1S/C23H35NO5S/c25-30(26,24-8-2-1-3-9-24)15-16-4-6-22(7-5-16)27-23(29-28-22)19-11-17-10-18-12-20(23)14-21(17,18)13-19/h16-20H,1-15H2. The molecule has 6 nitrogen and oxygen atoms in total. The van der Waals surface area contributed by atoms with Crippen molar-refractivity contribution in [3.63, 3.8) is 0 Å². The summed E-state index contributed by atoms with van der Waals surface area (Å²) in [7, 11) is -3.14. The Bertz CT molecular complexity index is 805. The predicted molar refractivity (Wildman–Crippen MR) is 109 cm³/mol. The smallest absolute Gasteiger partial charge is 0.214 e. The molecule has 3 spiro atoms. The fourth-order valence-corrected chi connectivity index (χ4v) is 10.9. The minimum absolute atomic E-state index is 0.205. The van der Waals surface area contributed by atoms with Crippen LogP contribution in [0.15, 0.2) is 0 Å². The zero-order valence-electron chi connectivity index (χ0n) is 17.9. The van der Waals surface area contributed by atoms with Crippen LogP contribution in [0.4, 0.5) is 0 Å². The Balaban J connectivity index is 1.02. The van der Waals surface area contributed by atoms with E-state index in [1.807, 2.05) is 0 Å². The molecular formula is C23H35NO5S. The second kappa shape index (κ2) is 6.22. The number of hydrogen-bond acceptors (Lipinski definition) is 5. The normalized spacial score (nSPS) is 54.7. The maximum atomic E-state index is 12.9. The molecule has 0 aromatic heterocycles. The third kappa shape index (κ3) is 2.47. The van der Waals surface area contributed by atoms with Crippen LogP contribution in [0.5, 0.6) is 0 Å². The number of piperidine rings is 1. The Morgan fingerprint density at radius 1 is 0.833 bits per heavy atom. The first-order chi connectivity index (χ1) is 14.4. The molecular weight excluding hydrogens is 402 g/mol. The summed E-state index contributed by atoms with van der Waals surface area (Å²) in [6.07, 6.45) is 12.8. The monoisotopic (exact) mass is 437 g/mol. The summed E-state index contributed by atoms with van der Waals surface area (Å²) in [5.41, 5.74) is 0.629. The van der Waals surface area contributed by atoms with Crippen LogP contribution in [0.2, 0.25) is 0 Å². The summed E-state index contributed by atoms with van der Waals surface area (Å²) in [6, 6.07) is 0. The molecule has 7 rings (SSSR count). The van der Waals surface area contributed by atoms with Crippen molar-refractivity contribution in [2.24, 2.45) is 35.0 Å². The van der Waals surface area contributed by atoms with Gasteiger partial charge in [0.15, 0.2) is 0 Å². The maximum Gasteiger partial charge on any atom is 0.214 e. The summed E-state index contributed by atoms with van der Waals surface area (Å²) in [5, 5.41) is 0. The van der Waals surface area contributed by atoms with Gasteiger partial charge in [0.2, 0.25) is 21.6 Å². The molecule has 2 heterocycles. The number of fused-ring (bicyclic) bond motifs is 4. The number of rotatable bonds is 3. The minimum atomic E-state index is -3.14. The molecule has 0 aromatic carbocycles. The molecule has 0 aromatic rings. The lowest BCUT2D eigenvalue weighted by Gasteiger charge is -2.49. The van der Waals surface area contributed by atoms with Gasteiger partial charge in [0.1, 0.15) is 0 Å². The molecule has 7 aliphatic rings. The van der Waals surface area contributed by atoms with Gasteiger partial charge in [-0.2, -0.15) is 9.78 Å². The zero-order valence-corrected chi connectivity index (χ0v) is 18.7. The topological polar surface area (TPSA) is 65.1 Å². The highest BCUT2D eigenvalue weighted by molar-refractivity contribution is 7.89. The lowest BCUT2D eigenvalue weighted by molar-refractivity contribution is -0.375. The molecule has 7 fully saturated rings. The minimum Gasteiger partial charge on any atom is -0.312 e. The van der Waals surface area contributed by atoms with E-state index in [2.05, 4.69) is 0 Å². The van der Waals surface area contributed by atoms with Crippen molar-refractivity contribution < 1.29 is 22.9 Å². The SMILES string of the molecule is O=S(=O)(CC1CCC2(CC1)OOC1(O2)C2CC3CC4CC1CC34C2)N1CCCCC1. The first-order valence-corrected chi connectivity index (χ1v) is 14.1. The Morgan fingerprint density at radius 3 is 2.13 bits per heavy atom. The lowest BCUT2D eigenvalue weighted by Crippen LogP contribution is -2.50. The fourth-order valence-electron chi connectivity index (χ4n) is 8.90. The molecule has 0 amide bonds.